The van der Waals surface area contributed by atoms with Crippen molar-refractivity contribution in [3.05, 3.63) is 23.8 Å². The molecule has 0 atom stereocenters. The Labute approximate surface area is 106 Å². The average molecular weight is 269 g/mol. The molecule has 0 aromatic heterocycles. The summed E-state index contributed by atoms with van der Waals surface area (Å²) in [5, 5.41) is 2.53. The molecule has 0 heterocycles. The van der Waals surface area contributed by atoms with E-state index in [1.54, 1.807) is 13.0 Å². The van der Waals surface area contributed by atoms with E-state index in [1.807, 2.05) is 0 Å². The molecule has 0 aliphatic carbocycles. The van der Waals surface area contributed by atoms with Gasteiger partial charge in [0.25, 0.3) is 0 Å². The second-order valence-electron chi connectivity index (χ2n) is 4.18. The number of sulfone groups is 1. The number of rotatable bonds is 4. The summed E-state index contributed by atoms with van der Waals surface area (Å²) in [6.45, 7) is 3.06. The zero-order valence-corrected chi connectivity index (χ0v) is 11.3. The van der Waals surface area contributed by atoms with Crippen LogP contribution in [-0.4, -0.2) is 26.4 Å². The zero-order valence-electron chi connectivity index (χ0n) is 10.5. The smallest absolute Gasteiger partial charge is 0.231 e. The van der Waals surface area contributed by atoms with Crippen molar-refractivity contribution in [1.82, 2.24) is 0 Å². The summed E-state index contributed by atoms with van der Waals surface area (Å²) >= 11 is 0. The standard InChI is InChI=1S/C12H15NO4S/c1-8-4-5-10(18(3,16)17)7-11(8)13-12(15)6-9(2)14/h4-5,7H,6H2,1-3H3,(H,13,15). The van der Waals surface area contributed by atoms with Gasteiger partial charge in [0.05, 0.1) is 11.3 Å². The number of anilines is 1. The van der Waals surface area contributed by atoms with Crippen molar-refractivity contribution in [2.45, 2.75) is 25.2 Å². The molecule has 0 radical (unpaired) electrons. The van der Waals surface area contributed by atoms with Crippen molar-refractivity contribution in [2.75, 3.05) is 11.6 Å². The van der Waals surface area contributed by atoms with Gasteiger partial charge in [-0.2, -0.15) is 0 Å². The second-order valence-corrected chi connectivity index (χ2v) is 6.19. The van der Waals surface area contributed by atoms with Gasteiger partial charge in [-0.15, -0.1) is 0 Å². The molecule has 1 rings (SSSR count). The molecule has 0 fully saturated rings. The third-order valence-electron chi connectivity index (χ3n) is 2.32. The van der Waals surface area contributed by atoms with Crippen LogP contribution in [-0.2, 0) is 19.4 Å². The average Bonchev–Trinajstić information content (AvgIpc) is 2.18. The highest BCUT2D eigenvalue weighted by Gasteiger charge is 2.12. The van der Waals surface area contributed by atoms with E-state index in [4.69, 9.17) is 0 Å². The minimum Gasteiger partial charge on any atom is -0.325 e. The molecule has 0 unspecified atom stereocenters. The maximum Gasteiger partial charge on any atom is 0.231 e. The molecular formula is C12H15NO4S. The molecule has 0 saturated heterocycles. The first-order valence-corrected chi connectivity index (χ1v) is 7.19. The largest absolute Gasteiger partial charge is 0.325 e. The van der Waals surface area contributed by atoms with Gasteiger partial charge in [-0.25, -0.2) is 8.42 Å². The molecule has 1 aromatic carbocycles. The third-order valence-corrected chi connectivity index (χ3v) is 3.43. The Hall–Kier alpha value is -1.69. The van der Waals surface area contributed by atoms with E-state index in [-0.39, 0.29) is 17.1 Å². The van der Waals surface area contributed by atoms with E-state index in [0.717, 1.165) is 11.8 Å². The van der Waals surface area contributed by atoms with E-state index in [2.05, 4.69) is 5.32 Å². The van der Waals surface area contributed by atoms with Crippen molar-refractivity contribution >= 4 is 27.2 Å². The van der Waals surface area contributed by atoms with Crippen molar-refractivity contribution in [1.29, 1.82) is 0 Å². The summed E-state index contributed by atoms with van der Waals surface area (Å²) in [5.41, 5.74) is 1.14. The van der Waals surface area contributed by atoms with Crippen molar-refractivity contribution in [2.24, 2.45) is 0 Å². The quantitative estimate of drug-likeness (QED) is 0.836. The fraction of sp³-hybridized carbons (Fsp3) is 0.333. The topological polar surface area (TPSA) is 80.3 Å². The summed E-state index contributed by atoms with van der Waals surface area (Å²) in [7, 11) is -3.32. The predicted molar refractivity (Wildman–Crippen MR) is 68.2 cm³/mol. The van der Waals surface area contributed by atoms with E-state index in [1.165, 1.54) is 19.1 Å². The van der Waals surface area contributed by atoms with Crippen molar-refractivity contribution in [3.63, 3.8) is 0 Å². The molecule has 1 amide bonds. The van der Waals surface area contributed by atoms with Gasteiger partial charge >= 0.3 is 0 Å². The monoisotopic (exact) mass is 269 g/mol. The van der Waals surface area contributed by atoms with Crippen LogP contribution in [0.3, 0.4) is 0 Å². The summed E-state index contributed by atoms with van der Waals surface area (Å²) < 4.78 is 22.8. The number of benzene rings is 1. The Bertz CT molecular complexity index is 590. The summed E-state index contributed by atoms with van der Waals surface area (Å²) in [4.78, 5) is 22.4. The van der Waals surface area contributed by atoms with Gasteiger partial charge in [0.1, 0.15) is 5.78 Å². The maximum atomic E-state index is 11.5. The number of nitrogens with one attached hydrogen (secondary N) is 1. The summed E-state index contributed by atoms with van der Waals surface area (Å²) in [5.74, 6) is -0.694. The Morgan fingerprint density at radius 3 is 2.39 bits per heavy atom. The number of hydrogen-bond donors (Lipinski definition) is 1. The lowest BCUT2D eigenvalue weighted by Gasteiger charge is -2.09. The highest BCUT2D eigenvalue weighted by atomic mass is 32.2. The third kappa shape index (κ3) is 3.96. The van der Waals surface area contributed by atoms with Crippen LogP contribution in [0.4, 0.5) is 5.69 Å². The number of ketones is 1. The number of hydrogen-bond acceptors (Lipinski definition) is 4. The maximum absolute atomic E-state index is 11.5. The van der Waals surface area contributed by atoms with E-state index < -0.39 is 15.7 Å². The normalized spacial score (nSPS) is 11.1. The Kier molecular flexibility index (Phi) is 4.24. The van der Waals surface area contributed by atoms with Crippen LogP contribution < -0.4 is 5.32 Å². The van der Waals surface area contributed by atoms with Crippen molar-refractivity contribution < 1.29 is 18.0 Å². The Morgan fingerprint density at radius 1 is 1.28 bits per heavy atom. The lowest BCUT2D eigenvalue weighted by molar-refractivity contribution is -0.124. The molecular weight excluding hydrogens is 254 g/mol. The van der Waals surface area contributed by atoms with Crippen LogP contribution in [0.2, 0.25) is 0 Å². The van der Waals surface area contributed by atoms with Gasteiger partial charge in [-0.3, -0.25) is 9.59 Å². The lowest BCUT2D eigenvalue weighted by Crippen LogP contribution is -2.15. The molecule has 0 aliphatic rings. The highest BCUT2D eigenvalue weighted by molar-refractivity contribution is 7.90. The zero-order chi connectivity index (χ0) is 13.9. The van der Waals surface area contributed by atoms with Crippen LogP contribution in [0.25, 0.3) is 0 Å². The Balaban J connectivity index is 3.02. The fourth-order valence-electron chi connectivity index (χ4n) is 1.39. The SMILES string of the molecule is CC(=O)CC(=O)Nc1cc(S(C)(=O)=O)ccc1C. The molecule has 0 spiro atoms. The molecule has 0 aliphatic heterocycles. The molecule has 0 saturated carbocycles. The highest BCUT2D eigenvalue weighted by Crippen LogP contribution is 2.20. The molecule has 5 nitrogen and oxygen atoms in total. The van der Waals surface area contributed by atoms with Crippen LogP contribution in [0.15, 0.2) is 23.1 Å². The summed E-state index contributed by atoms with van der Waals surface area (Å²) in [6.07, 6.45) is 0.876. The van der Waals surface area contributed by atoms with Gasteiger partial charge in [0.2, 0.25) is 5.91 Å². The van der Waals surface area contributed by atoms with Gasteiger partial charge < -0.3 is 5.32 Å². The number of aryl methyl sites for hydroxylation is 1. The van der Waals surface area contributed by atoms with Crippen LogP contribution in [0.1, 0.15) is 18.9 Å². The van der Waals surface area contributed by atoms with E-state index in [9.17, 15) is 18.0 Å². The molecule has 6 heteroatoms. The van der Waals surface area contributed by atoms with Gasteiger partial charge in [-0.1, -0.05) is 6.07 Å². The van der Waals surface area contributed by atoms with E-state index >= 15 is 0 Å². The minimum atomic E-state index is -3.32. The van der Waals surface area contributed by atoms with Gasteiger partial charge in [-0.05, 0) is 31.5 Å². The lowest BCUT2D eigenvalue weighted by atomic mass is 10.2. The number of amides is 1. The first-order chi connectivity index (χ1) is 8.20. The van der Waals surface area contributed by atoms with Gasteiger partial charge in [0.15, 0.2) is 9.84 Å². The number of Topliss-reactive ketones (excluding diaryl/α,β-unsaturated/α-hetero) is 1. The van der Waals surface area contributed by atoms with Crippen LogP contribution >= 0.6 is 0 Å². The molecule has 18 heavy (non-hydrogen) atoms. The molecule has 98 valence electrons. The molecule has 1 aromatic rings. The van der Waals surface area contributed by atoms with Gasteiger partial charge in [0, 0.05) is 11.9 Å². The first kappa shape index (κ1) is 14.4. The molecule has 1 N–H and O–H groups in total. The molecule has 0 bridgehead atoms. The Morgan fingerprint density at radius 2 is 1.89 bits per heavy atom. The van der Waals surface area contributed by atoms with Crippen LogP contribution in [0.5, 0.6) is 0 Å². The number of carbonyl (C=O) groups is 2. The summed E-state index contributed by atoms with van der Waals surface area (Å²) in [6, 6.07) is 4.48. The number of carbonyl (C=O) groups excluding carboxylic acids is 2. The first-order valence-electron chi connectivity index (χ1n) is 5.30. The van der Waals surface area contributed by atoms with Crippen molar-refractivity contribution in [3.8, 4) is 0 Å². The second kappa shape index (κ2) is 5.30. The minimum absolute atomic E-state index is 0.131. The van der Waals surface area contributed by atoms with E-state index in [0.29, 0.717) is 5.69 Å². The van der Waals surface area contributed by atoms with Crippen LogP contribution in [0, 0.1) is 6.92 Å². The predicted octanol–water partition coefficient (Wildman–Crippen LogP) is 1.32. The fourth-order valence-corrected chi connectivity index (χ4v) is 2.03.